The molecular weight excluding hydrogens is 408 g/mol. The first-order chi connectivity index (χ1) is 15.7. The third-order valence-corrected chi connectivity index (χ3v) is 7.96. The molecule has 8 rings (SSSR count). The second-order valence-corrected chi connectivity index (χ2v) is 9.07. The largest absolute Gasteiger partial charge is 0.349 e. The first-order valence-electron chi connectivity index (χ1n) is 11.1. The predicted octanol–water partition coefficient (Wildman–Crippen LogP) is 2.27. The van der Waals surface area contributed by atoms with Crippen LogP contribution in [0.15, 0.2) is 60.7 Å². The first kappa shape index (κ1) is 18.9. The van der Waals surface area contributed by atoms with E-state index in [0.717, 1.165) is 22.3 Å². The van der Waals surface area contributed by atoms with Crippen molar-refractivity contribution in [3.8, 4) is 0 Å². The number of rotatable bonds is 2. The third kappa shape index (κ3) is 1.97. The average molecular weight is 430 g/mol. The highest BCUT2D eigenvalue weighted by molar-refractivity contribution is 6.10. The number of hydrogen-bond donors (Lipinski definition) is 0. The van der Waals surface area contributed by atoms with Gasteiger partial charge in [0.1, 0.15) is 0 Å². The zero-order valence-electron chi connectivity index (χ0n) is 17.4. The van der Waals surface area contributed by atoms with E-state index in [2.05, 4.69) is 0 Å². The molecule has 2 aromatic carbocycles. The van der Waals surface area contributed by atoms with E-state index in [-0.39, 0.29) is 11.6 Å². The van der Waals surface area contributed by atoms with Crippen LogP contribution in [0.25, 0.3) is 0 Å². The normalized spacial score (nSPS) is 35.8. The SMILES string of the molecule is O=C1C=CC(=O)[C@H]2[C@@H]1C1(C3OCCO3)c3ccccc3C2(C2OCCO2)c2ccccc21. The summed E-state index contributed by atoms with van der Waals surface area (Å²) in [6, 6.07) is 16.1. The van der Waals surface area contributed by atoms with Gasteiger partial charge in [0.25, 0.3) is 0 Å². The zero-order chi connectivity index (χ0) is 21.5. The lowest BCUT2D eigenvalue weighted by atomic mass is 9.38. The number of ether oxygens (including phenoxy) is 4. The Morgan fingerprint density at radius 3 is 1.19 bits per heavy atom. The molecule has 0 N–H and O–H groups in total. The quantitative estimate of drug-likeness (QED) is 0.728. The summed E-state index contributed by atoms with van der Waals surface area (Å²) in [5, 5.41) is 0. The molecule has 6 nitrogen and oxygen atoms in total. The van der Waals surface area contributed by atoms with E-state index in [4.69, 9.17) is 18.9 Å². The molecule has 162 valence electrons. The Morgan fingerprint density at radius 1 is 0.562 bits per heavy atom. The molecule has 0 saturated carbocycles. The van der Waals surface area contributed by atoms with Crippen LogP contribution in [0.3, 0.4) is 0 Å². The van der Waals surface area contributed by atoms with Crippen LogP contribution in [0.2, 0.25) is 0 Å². The zero-order valence-corrected chi connectivity index (χ0v) is 17.4. The van der Waals surface area contributed by atoms with Crippen molar-refractivity contribution in [3.63, 3.8) is 0 Å². The summed E-state index contributed by atoms with van der Waals surface area (Å²) < 4.78 is 24.6. The minimum absolute atomic E-state index is 0.0833. The molecule has 2 atom stereocenters. The minimum Gasteiger partial charge on any atom is -0.349 e. The van der Waals surface area contributed by atoms with Crippen LogP contribution in [0, 0.1) is 11.8 Å². The van der Waals surface area contributed by atoms with Gasteiger partial charge in [0.15, 0.2) is 24.1 Å². The van der Waals surface area contributed by atoms with Crippen molar-refractivity contribution in [2.24, 2.45) is 11.8 Å². The molecule has 0 radical (unpaired) electrons. The van der Waals surface area contributed by atoms with Gasteiger partial charge >= 0.3 is 0 Å². The van der Waals surface area contributed by atoms with E-state index in [1.807, 2.05) is 48.5 Å². The van der Waals surface area contributed by atoms with Gasteiger partial charge in [-0.2, -0.15) is 0 Å². The summed E-state index contributed by atoms with van der Waals surface area (Å²) in [5.74, 6) is -1.50. The molecule has 0 unspecified atom stereocenters. The van der Waals surface area contributed by atoms with Gasteiger partial charge in [0, 0.05) is 0 Å². The smallest absolute Gasteiger partial charge is 0.172 e. The van der Waals surface area contributed by atoms with Gasteiger partial charge in [-0.15, -0.1) is 0 Å². The molecule has 32 heavy (non-hydrogen) atoms. The maximum Gasteiger partial charge on any atom is 0.172 e. The first-order valence-corrected chi connectivity index (χ1v) is 11.1. The fourth-order valence-corrected chi connectivity index (χ4v) is 7.09. The van der Waals surface area contributed by atoms with Crippen molar-refractivity contribution in [3.05, 3.63) is 82.9 Å². The molecule has 6 heteroatoms. The van der Waals surface area contributed by atoms with Crippen molar-refractivity contribution in [1.29, 1.82) is 0 Å². The van der Waals surface area contributed by atoms with Crippen molar-refractivity contribution >= 4 is 11.6 Å². The third-order valence-electron chi connectivity index (χ3n) is 7.96. The van der Waals surface area contributed by atoms with E-state index in [1.54, 1.807) is 0 Å². The number of ketones is 2. The molecule has 4 aliphatic carbocycles. The highest BCUT2D eigenvalue weighted by Gasteiger charge is 2.74. The molecular formula is C26H22O6. The van der Waals surface area contributed by atoms with Crippen LogP contribution >= 0.6 is 0 Å². The number of carbonyl (C=O) groups is 2. The maximum absolute atomic E-state index is 13.7. The van der Waals surface area contributed by atoms with Crippen LogP contribution < -0.4 is 0 Å². The minimum atomic E-state index is -0.924. The molecule has 2 heterocycles. The number of hydrogen-bond acceptors (Lipinski definition) is 6. The standard InChI is InChI=1S/C26H22O6/c27-19-9-10-20(28)22-21(19)25(23-29-11-12-30-23)15-5-1-2-6-16(15)26(22,24-31-13-14-32-24)18-8-4-3-7-17(18)25/h1-10,21-24H,11-14H2/t21-,22+,25?,26?. The summed E-state index contributed by atoms with van der Waals surface area (Å²) in [4.78, 5) is 27.3. The second-order valence-electron chi connectivity index (χ2n) is 9.07. The van der Waals surface area contributed by atoms with Gasteiger partial charge in [-0.25, -0.2) is 0 Å². The fourth-order valence-electron chi connectivity index (χ4n) is 7.09. The van der Waals surface area contributed by atoms with Crippen molar-refractivity contribution in [2.45, 2.75) is 23.4 Å². The van der Waals surface area contributed by atoms with Gasteiger partial charge in [-0.05, 0) is 34.4 Å². The van der Waals surface area contributed by atoms with Gasteiger partial charge in [-0.1, -0.05) is 48.5 Å². The van der Waals surface area contributed by atoms with Gasteiger partial charge < -0.3 is 18.9 Å². The van der Waals surface area contributed by atoms with E-state index >= 15 is 0 Å². The summed E-state index contributed by atoms with van der Waals surface area (Å²) in [5.41, 5.74) is 1.99. The Morgan fingerprint density at radius 2 is 0.875 bits per heavy atom. The molecule has 0 amide bonds. The summed E-state index contributed by atoms with van der Waals surface area (Å²) in [6.45, 7) is 1.80. The van der Waals surface area contributed by atoms with E-state index < -0.39 is 35.2 Å². The van der Waals surface area contributed by atoms with Crippen LogP contribution in [0.5, 0.6) is 0 Å². The van der Waals surface area contributed by atoms with Crippen LogP contribution in [0.4, 0.5) is 0 Å². The molecule has 2 saturated heterocycles. The second kappa shape index (κ2) is 6.45. The lowest BCUT2D eigenvalue weighted by Gasteiger charge is -2.64. The van der Waals surface area contributed by atoms with E-state index in [9.17, 15) is 9.59 Å². The van der Waals surface area contributed by atoms with Crippen LogP contribution in [-0.4, -0.2) is 50.6 Å². The summed E-state index contributed by atoms with van der Waals surface area (Å²) in [7, 11) is 0. The molecule has 2 bridgehead atoms. The van der Waals surface area contributed by atoms with E-state index in [0.29, 0.717) is 26.4 Å². The maximum atomic E-state index is 13.7. The summed E-state index contributed by atoms with van der Waals surface area (Å²) in [6.07, 6.45) is 1.53. The van der Waals surface area contributed by atoms with Crippen LogP contribution in [0.1, 0.15) is 22.3 Å². The van der Waals surface area contributed by atoms with Crippen molar-refractivity contribution < 1.29 is 28.5 Å². The molecule has 0 aromatic heterocycles. The highest BCUT2D eigenvalue weighted by atomic mass is 16.7. The van der Waals surface area contributed by atoms with E-state index in [1.165, 1.54) is 12.2 Å². The Hall–Kier alpha value is -2.64. The Balaban J connectivity index is 1.67. The Kier molecular flexibility index (Phi) is 3.81. The molecule has 2 aromatic rings. The Bertz CT molecular complexity index is 1030. The van der Waals surface area contributed by atoms with Gasteiger partial charge in [0.2, 0.25) is 0 Å². The predicted molar refractivity (Wildman–Crippen MR) is 112 cm³/mol. The number of carbonyl (C=O) groups excluding carboxylic acids is 2. The fraction of sp³-hybridized carbons (Fsp3) is 0.385. The van der Waals surface area contributed by atoms with Gasteiger partial charge in [-0.3, -0.25) is 9.59 Å². The van der Waals surface area contributed by atoms with Crippen LogP contribution in [-0.2, 0) is 39.4 Å². The molecule has 0 spiro atoms. The van der Waals surface area contributed by atoms with Crippen molar-refractivity contribution in [1.82, 2.24) is 0 Å². The van der Waals surface area contributed by atoms with Gasteiger partial charge in [0.05, 0.1) is 49.1 Å². The molecule has 2 aliphatic heterocycles. The average Bonchev–Trinajstić information content (AvgIpc) is 3.56. The molecule has 6 aliphatic rings. The Labute approximate surface area is 185 Å². The number of benzene rings is 2. The number of allylic oxidation sites excluding steroid dienone is 2. The summed E-state index contributed by atoms with van der Waals surface area (Å²) >= 11 is 0. The molecule has 2 fully saturated rings. The lowest BCUT2D eigenvalue weighted by Crippen LogP contribution is -2.71. The highest BCUT2D eigenvalue weighted by Crippen LogP contribution is 2.68. The van der Waals surface area contributed by atoms with Crippen molar-refractivity contribution in [2.75, 3.05) is 26.4 Å². The topological polar surface area (TPSA) is 71.1 Å². The lowest BCUT2D eigenvalue weighted by molar-refractivity contribution is -0.174. The monoisotopic (exact) mass is 430 g/mol.